The lowest BCUT2D eigenvalue weighted by atomic mass is 9.88. The molecule has 2 nitrogen and oxygen atoms in total. The second-order valence-electron chi connectivity index (χ2n) is 5.55. The normalized spacial score (nSPS) is 20.1. The van der Waals surface area contributed by atoms with E-state index in [1.165, 1.54) is 28.4 Å². The Morgan fingerprint density at radius 1 is 1.42 bits per heavy atom. The fourth-order valence-corrected chi connectivity index (χ4v) is 3.27. The van der Waals surface area contributed by atoms with Crippen molar-refractivity contribution in [1.29, 1.82) is 0 Å². The first kappa shape index (κ1) is 15.0. The summed E-state index contributed by atoms with van der Waals surface area (Å²) in [5.41, 5.74) is 2.98. The monoisotopic (exact) mass is 325 g/mol. The molecule has 19 heavy (non-hydrogen) atoms. The van der Waals surface area contributed by atoms with Gasteiger partial charge in [0.05, 0.1) is 0 Å². The summed E-state index contributed by atoms with van der Waals surface area (Å²) in [6, 6.07) is 7.24. The number of nitrogens with one attached hydrogen (secondary N) is 1. The van der Waals surface area contributed by atoms with Gasteiger partial charge in [-0.2, -0.15) is 0 Å². The van der Waals surface area contributed by atoms with Crippen molar-refractivity contribution in [3.05, 3.63) is 33.8 Å². The van der Waals surface area contributed by atoms with Crippen LogP contribution in [0.3, 0.4) is 0 Å². The SMILES string of the molecule is CCC(CCO)CNC1CCc2cc(Br)ccc2C1. The zero-order valence-corrected chi connectivity index (χ0v) is 13.2. The minimum Gasteiger partial charge on any atom is -0.396 e. The van der Waals surface area contributed by atoms with Crippen LogP contribution in [-0.4, -0.2) is 24.3 Å². The summed E-state index contributed by atoms with van der Waals surface area (Å²) in [6.07, 6.45) is 5.59. The van der Waals surface area contributed by atoms with Crippen molar-refractivity contribution < 1.29 is 5.11 Å². The van der Waals surface area contributed by atoms with Gasteiger partial charge in [0.15, 0.2) is 0 Å². The van der Waals surface area contributed by atoms with Gasteiger partial charge in [-0.15, -0.1) is 0 Å². The topological polar surface area (TPSA) is 32.3 Å². The number of hydrogen-bond donors (Lipinski definition) is 2. The highest BCUT2D eigenvalue weighted by Crippen LogP contribution is 2.25. The first-order valence-electron chi connectivity index (χ1n) is 7.34. The number of aliphatic hydroxyl groups excluding tert-OH is 1. The van der Waals surface area contributed by atoms with Crippen LogP contribution in [0.1, 0.15) is 37.3 Å². The Labute approximate surface area is 124 Å². The molecule has 1 aliphatic rings. The number of benzene rings is 1. The number of rotatable bonds is 6. The molecule has 0 aliphatic heterocycles. The third-order valence-electron chi connectivity index (χ3n) is 4.21. The van der Waals surface area contributed by atoms with Gasteiger partial charge in [0.2, 0.25) is 0 Å². The Morgan fingerprint density at radius 2 is 2.26 bits per heavy atom. The molecule has 1 aromatic carbocycles. The highest BCUT2D eigenvalue weighted by molar-refractivity contribution is 9.10. The smallest absolute Gasteiger partial charge is 0.0434 e. The maximum Gasteiger partial charge on any atom is 0.0434 e. The first-order chi connectivity index (χ1) is 9.22. The molecule has 1 aromatic rings. The van der Waals surface area contributed by atoms with Crippen LogP contribution in [0.15, 0.2) is 22.7 Å². The van der Waals surface area contributed by atoms with Crippen LogP contribution in [0.25, 0.3) is 0 Å². The lowest BCUT2D eigenvalue weighted by Gasteiger charge is -2.27. The fourth-order valence-electron chi connectivity index (χ4n) is 2.86. The average Bonchev–Trinajstić information content (AvgIpc) is 2.43. The molecule has 106 valence electrons. The molecule has 0 saturated carbocycles. The van der Waals surface area contributed by atoms with E-state index in [0.29, 0.717) is 18.6 Å². The van der Waals surface area contributed by atoms with E-state index in [1.807, 2.05) is 0 Å². The first-order valence-corrected chi connectivity index (χ1v) is 8.13. The van der Waals surface area contributed by atoms with E-state index in [9.17, 15) is 0 Å². The van der Waals surface area contributed by atoms with Crippen molar-refractivity contribution in [2.75, 3.05) is 13.2 Å². The summed E-state index contributed by atoms with van der Waals surface area (Å²) in [5, 5.41) is 12.7. The van der Waals surface area contributed by atoms with Crippen LogP contribution < -0.4 is 5.32 Å². The molecular formula is C16H24BrNO. The molecule has 0 spiro atoms. The highest BCUT2D eigenvalue weighted by atomic mass is 79.9. The van der Waals surface area contributed by atoms with Crippen LogP contribution in [-0.2, 0) is 12.8 Å². The Bertz CT molecular complexity index is 408. The number of halogens is 1. The number of aryl methyl sites for hydroxylation is 1. The molecule has 3 heteroatoms. The standard InChI is InChI=1S/C16H24BrNO/c1-2-12(7-8-19)11-18-16-6-4-13-9-15(17)5-3-14(13)10-16/h3,5,9,12,16,18-19H,2,4,6-8,10-11H2,1H3. The van der Waals surface area contributed by atoms with Crippen LogP contribution in [0.2, 0.25) is 0 Å². The molecular weight excluding hydrogens is 302 g/mol. The van der Waals surface area contributed by atoms with E-state index >= 15 is 0 Å². The average molecular weight is 326 g/mol. The van der Waals surface area contributed by atoms with Crippen molar-refractivity contribution >= 4 is 15.9 Å². The molecule has 0 fully saturated rings. The van der Waals surface area contributed by atoms with Gasteiger partial charge in [0.1, 0.15) is 0 Å². The summed E-state index contributed by atoms with van der Waals surface area (Å²) in [5.74, 6) is 0.608. The molecule has 0 heterocycles. The van der Waals surface area contributed by atoms with Crippen LogP contribution in [0.4, 0.5) is 0 Å². The molecule has 2 unspecified atom stereocenters. The van der Waals surface area contributed by atoms with E-state index in [1.54, 1.807) is 0 Å². The second-order valence-corrected chi connectivity index (χ2v) is 6.46. The van der Waals surface area contributed by atoms with Gasteiger partial charge in [-0.3, -0.25) is 0 Å². The Kier molecular flexibility index (Phi) is 5.86. The molecule has 2 atom stereocenters. The van der Waals surface area contributed by atoms with Crippen molar-refractivity contribution in [2.45, 2.75) is 45.1 Å². The largest absolute Gasteiger partial charge is 0.396 e. The molecule has 0 amide bonds. The maximum atomic E-state index is 9.03. The lowest BCUT2D eigenvalue weighted by molar-refractivity contribution is 0.247. The summed E-state index contributed by atoms with van der Waals surface area (Å²) in [7, 11) is 0. The minimum atomic E-state index is 0.307. The van der Waals surface area contributed by atoms with Gasteiger partial charge in [0, 0.05) is 17.1 Å². The molecule has 1 aliphatic carbocycles. The van der Waals surface area contributed by atoms with Crippen LogP contribution in [0, 0.1) is 5.92 Å². The summed E-state index contributed by atoms with van der Waals surface area (Å²) < 4.78 is 1.19. The highest BCUT2D eigenvalue weighted by Gasteiger charge is 2.19. The van der Waals surface area contributed by atoms with E-state index < -0.39 is 0 Å². The molecule has 2 rings (SSSR count). The van der Waals surface area contributed by atoms with Crippen molar-refractivity contribution in [2.24, 2.45) is 5.92 Å². The molecule has 0 bridgehead atoms. The van der Waals surface area contributed by atoms with Gasteiger partial charge < -0.3 is 10.4 Å². The lowest BCUT2D eigenvalue weighted by Crippen LogP contribution is -2.37. The zero-order chi connectivity index (χ0) is 13.7. The second kappa shape index (κ2) is 7.41. The summed E-state index contributed by atoms with van der Waals surface area (Å²) in [4.78, 5) is 0. The molecule has 2 N–H and O–H groups in total. The van der Waals surface area contributed by atoms with E-state index in [0.717, 1.165) is 25.8 Å². The van der Waals surface area contributed by atoms with Crippen LogP contribution in [0.5, 0.6) is 0 Å². The number of fused-ring (bicyclic) bond motifs is 1. The number of aliphatic hydroxyl groups is 1. The van der Waals surface area contributed by atoms with Crippen molar-refractivity contribution in [3.8, 4) is 0 Å². The zero-order valence-electron chi connectivity index (χ0n) is 11.7. The minimum absolute atomic E-state index is 0.307. The summed E-state index contributed by atoms with van der Waals surface area (Å²) >= 11 is 3.54. The quantitative estimate of drug-likeness (QED) is 0.841. The van der Waals surface area contributed by atoms with Crippen molar-refractivity contribution in [3.63, 3.8) is 0 Å². The van der Waals surface area contributed by atoms with Gasteiger partial charge >= 0.3 is 0 Å². The third-order valence-corrected chi connectivity index (χ3v) is 4.70. The van der Waals surface area contributed by atoms with Gasteiger partial charge in [0.25, 0.3) is 0 Å². The Morgan fingerprint density at radius 3 is 3.00 bits per heavy atom. The predicted molar refractivity (Wildman–Crippen MR) is 83.4 cm³/mol. The third kappa shape index (κ3) is 4.30. The van der Waals surface area contributed by atoms with Crippen LogP contribution >= 0.6 is 15.9 Å². The number of hydrogen-bond acceptors (Lipinski definition) is 2. The maximum absolute atomic E-state index is 9.03. The molecule has 0 radical (unpaired) electrons. The van der Waals surface area contributed by atoms with Gasteiger partial charge in [-0.05, 0) is 61.4 Å². The fraction of sp³-hybridized carbons (Fsp3) is 0.625. The van der Waals surface area contributed by atoms with Gasteiger partial charge in [-0.1, -0.05) is 35.3 Å². The van der Waals surface area contributed by atoms with E-state index in [4.69, 9.17) is 5.11 Å². The van der Waals surface area contributed by atoms with Gasteiger partial charge in [-0.25, -0.2) is 0 Å². The summed E-state index contributed by atoms with van der Waals surface area (Å²) in [6.45, 7) is 3.55. The van der Waals surface area contributed by atoms with E-state index in [2.05, 4.69) is 46.4 Å². The van der Waals surface area contributed by atoms with Crippen molar-refractivity contribution in [1.82, 2.24) is 5.32 Å². The molecule has 0 aromatic heterocycles. The predicted octanol–water partition coefficient (Wildman–Crippen LogP) is 3.30. The Hall–Kier alpha value is -0.380. The van der Waals surface area contributed by atoms with E-state index in [-0.39, 0.29) is 0 Å². The molecule has 0 saturated heterocycles. The Balaban J connectivity index is 1.86.